The maximum atomic E-state index is 13.8. The zero-order chi connectivity index (χ0) is 28.4. The molecule has 1 aliphatic rings. The van der Waals surface area contributed by atoms with Crippen molar-refractivity contribution >= 4 is 17.8 Å². The second kappa shape index (κ2) is 13.6. The Kier molecular flexibility index (Phi) is 9.22. The molecule has 0 saturated carbocycles. The molecule has 6 nitrogen and oxygen atoms in total. The van der Waals surface area contributed by atoms with Crippen LogP contribution in [-0.2, 0) is 32.0 Å². The maximum absolute atomic E-state index is 13.8. The lowest BCUT2D eigenvalue weighted by Gasteiger charge is -2.26. The highest BCUT2D eigenvalue weighted by Gasteiger charge is 2.30. The molecule has 2 amide bonds. The predicted molar refractivity (Wildman–Crippen MR) is 158 cm³/mol. The molecule has 0 fully saturated rings. The van der Waals surface area contributed by atoms with E-state index in [-0.39, 0.29) is 24.3 Å². The zero-order valence-electron chi connectivity index (χ0n) is 22.9. The predicted octanol–water partition coefficient (Wildman–Crippen LogP) is 5.28. The Labute approximate surface area is 240 Å². The number of carbonyl (C=O) groups excluding carboxylic acids is 3. The molecule has 1 unspecified atom stereocenters. The molecule has 0 bridgehead atoms. The van der Waals surface area contributed by atoms with Crippen LogP contribution in [0.3, 0.4) is 0 Å². The van der Waals surface area contributed by atoms with Gasteiger partial charge < -0.3 is 15.4 Å². The molecule has 6 heteroatoms. The van der Waals surface area contributed by atoms with E-state index < -0.39 is 24.5 Å². The second-order valence-electron chi connectivity index (χ2n) is 10.3. The van der Waals surface area contributed by atoms with Crippen molar-refractivity contribution in [3.05, 3.63) is 143 Å². The number of hydrogen-bond donors (Lipinski definition) is 2. The van der Waals surface area contributed by atoms with E-state index in [1.807, 2.05) is 109 Å². The molecule has 4 aromatic carbocycles. The minimum Gasteiger partial charge on any atom is -0.454 e. The van der Waals surface area contributed by atoms with Gasteiger partial charge in [-0.05, 0) is 47.1 Å². The van der Waals surface area contributed by atoms with Gasteiger partial charge in [0, 0.05) is 6.42 Å². The first-order valence-electron chi connectivity index (χ1n) is 14.1. The van der Waals surface area contributed by atoms with Crippen LogP contribution in [0.1, 0.15) is 52.6 Å². The van der Waals surface area contributed by atoms with Crippen LogP contribution in [0.5, 0.6) is 0 Å². The highest BCUT2D eigenvalue weighted by Crippen LogP contribution is 2.29. The number of fused-ring (bicyclic) bond motifs is 1. The van der Waals surface area contributed by atoms with Gasteiger partial charge in [-0.1, -0.05) is 115 Å². The van der Waals surface area contributed by atoms with E-state index in [1.54, 1.807) is 0 Å². The van der Waals surface area contributed by atoms with Crippen LogP contribution in [0.25, 0.3) is 0 Å². The average Bonchev–Trinajstić information content (AvgIpc) is 3.01. The van der Waals surface area contributed by atoms with Gasteiger partial charge in [0.15, 0.2) is 6.61 Å². The second-order valence-corrected chi connectivity index (χ2v) is 10.3. The van der Waals surface area contributed by atoms with Gasteiger partial charge in [-0.3, -0.25) is 9.59 Å². The number of nitrogens with one attached hydrogen (secondary N) is 2. The van der Waals surface area contributed by atoms with Gasteiger partial charge in [-0.15, -0.1) is 0 Å². The van der Waals surface area contributed by atoms with Crippen LogP contribution < -0.4 is 10.6 Å². The van der Waals surface area contributed by atoms with Crippen molar-refractivity contribution in [2.45, 2.75) is 43.7 Å². The van der Waals surface area contributed by atoms with Crippen LogP contribution in [0, 0.1) is 0 Å². The van der Waals surface area contributed by atoms with Crippen molar-refractivity contribution in [3.63, 3.8) is 0 Å². The summed E-state index contributed by atoms with van der Waals surface area (Å²) < 4.78 is 5.49. The van der Waals surface area contributed by atoms with Crippen molar-refractivity contribution in [2.75, 3.05) is 6.61 Å². The van der Waals surface area contributed by atoms with Gasteiger partial charge in [-0.2, -0.15) is 0 Å². The van der Waals surface area contributed by atoms with E-state index in [4.69, 9.17) is 4.74 Å². The summed E-state index contributed by atoms with van der Waals surface area (Å²) in [7, 11) is 0. The number of aryl methyl sites for hydroxylation is 1. The van der Waals surface area contributed by atoms with Gasteiger partial charge in [0.25, 0.3) is 5.91 Å². The Balaban J connectivity index is 1.29. The molecule has 0 saturated heterocycles. The van der Waals surface area contributed by atoms with Gasteiger partial charge in [0.2, 0.25) is 5.91 Å². The molecule has 208 valence electrons. The summed E-state index contributed by atoms with van der Waals surface area (Å²) in [5, 5.41) is 5.95. The van der Waals surface area contributed by atoms with Crippen LogP contribution in [0.15, 0.2) is 115 Å². The number of esters is 1. The molecule has 4 aromatic rings. The molecule has 2 N–H and O–H groups in total. The summed E-state index contributed by atoms with van der Waals surface area (Å²) in [6.07, 6.45) is 3.05. The first-order valence-corrected chi connectivity index (χ1v) is 14.1. The highest BCUT2D eigenvalue weighted by molar-refractivity contribution is 5.91. The summed E-state index contributed by atoms with van der Waals surface area (Å²) in [4.78, 5) is 40.0. The molecule has 5 rings (SSSR count). The molecule has 0 spiro atoms. The molecule has 2 atom stereocenters. The summed E-state index contributed by atoms with van der Waals surface area (Å²) in [5.41, 5.74) is 4.85. The molecule has 0 aliphatic heterocycles. The number of ether oxygens (including phenoxy) is 1. The fourth-order valence-electron chi connectivity index (χ4n) is 5.46. The topological polar surface area (TPSA) is 84.5 Å². The van der Waals surface area contributed by atoms with Crippen molar-refractivity contribution in [1.82, 2.24) is 10.6 Å². The zero-order valence-corrected chi connectivity index (χ0v) is 22.9. The van der Waals surface area contributed by atoms with Gasteiger partial charge in [0.1, 0.15) is 6.04 Å². The minimum absolute atomic E-state index is 0.108. The third kappa shape index (κ3) is 7.28. The van der Waals surface area contributed by atoms with Crippen LogP contribution >= 0.6 is 0 Å². The number of amides is 2. The summed E-state index contributed by atoms with van der Waals surface area (Å²) in [6, 6.07) is 35.4. The third-order valence-electron chi connectivity index (χ3n) is 7.46. The third-order valence-corrected chi connectivity index (χ3v) is 7.46. The summed E-state index contributed by atoms with van der Waals surface area (Å²) in [6.45, 7) is -0.417. The van der Waals surface area contributed by atoms with Gasteiger partial charge >= 0.3 is 5.97 Å². The monoisotopic (exact) mass is 546 g/mol. The van der Waals surface area contributed by atoms with Crippen molar-refractivity contribution in [2.24, 2.45) is 0 Å². The Bertz CT molecular complexity index is 1420. The smallest absolute Gasteiger partial charge is 0.329 e. The molecular formula is C35H34N2O4. The number of benzene rings is 4. The van der Waals surface area contributed by atoms with Gasteiger partial charge in [0.05, 0.1) is 12.0 Å². The SMILES string of the molecule is O=C(COC(=O)[C@H](Cc1ccccc1)NC(=O)C(c1ccccc1)c1ccccc1)NC1CCCc2ccccc21. The van der Waals surface area contributed by atoms with Crippen molar-refractivity contribution in [1.29, 1.82) is 0 Å². The molecular weight excluding hydrogens is 512 g/mol. The molecule has 41 heavy (non-hydrogen) atoms. The minimum atomic E-state index is -0.969. The van der Waals surface area contributed by atoms with E-state index in [1.165, 1.54) is 5.56 Å². The van der Waals surface area contributed by atoms with E-state index in [2.05, 4.69) is 16.7 Å². The largest absolute Gasteiger partial charge is 0.454 e. The van der Waals surface area contributed by atoms with Crippen LogP contribution in [-0.4, -0.2) is 30.4 Å². The Hall–Kier alpha value is -4.71. The molecule has 0 heterocycles. The lowest BCUT2D eigenvalue weighted by molar-refractivity contribution is -0.151. The van der Waals surface area contributed by atoms with E-state index in [9.17, 15) is 14.4 Å². The van der Waals surface area contributed by atoms with E-state index in [0.29, 0.717) is 0 Å². The van der Waals surface area contributed by atoms with E-state index in [0.717, 1.165) is 41.5 Å². The maximum Gasteiger partial charge on any atom is 0.329 e. The highest BCUT2D eigenvalue weighted by atomic mass is 16.5. The van der Waals surface area contributed by atoms with Crippen LogP contribution in [0.4, 0.5) is 0 Å². The van der Waals surface area contributed by atoms with E-state index >= 15 is 0 Å². The molecule has 1 aliphatic carbocycles. The lowest BCUT2D eigenvalue weighted by Crippen LogP contribution is -2.46. The molecule has 0 aromatic heterocycles. The fourth-order valence-corrected chi connectivity index (χ4v) is 5.46. The molecule has 0 radical (unpaired) electrons. The number of hydrogen-bond acceptors (Lipinski definition) is 4. The first kappa shape index (κ1) is 27.8. The normalized spacial score (nSPS) is 14.9. The summed E-state index contributed by atoms with van der Waals surface area (Å²) in [5.74, 6) is -1.95. The quantitative estimate of drug-likeness (QED) is 0.265. The van der Waals surface area contributed by atoms with Crippen LogP contribution in [0.2, 0.25) is 0 Å². The Morgan fingerprint density at radius 2 is 1.34 bits per heavy atom. The van der Waals surface area contributed by atoms with Crippen molar-refractivity contribution in [3.8, 4) is 0 Å². The fraction of sp³-hybridized carbons (Fsp3) is 0.229. The number of carbonyl (C=O) groups is 3. The average molecular weight is 547 g/mol. The van der Waals surface area contributed by atoms with Crippen molar-refractivity contribution < 1.29 is 19.1 Å². The first-order chi connectivity index (χ1) is 20.1. The summed E-state index contributed by atoms with van der Waals surface area (Å²) >= 11 is 0. The van der Waals surface area contributed by atoms with Gasteiger partial charge in [-0.25, -0.2) is 4.79 Å². The lowest BCUT2D eigenvalue weighted by atomic mass is 9.88. The standard InChI is InChI=1S/C35H34N2O4/c38-32(36-30-22-12-20-26-15-10-11-21-29(26)30)24-41-35(40)31(23-25-13-4-1-5-14-25)37-34(39)33(27-16-6-2-7-17-27)28-18-8-3-9-19-28/h1-11,13-19,21,30-31,33H,12,20,22-24H2,(H,36,38)(H,37,39)/t30?,31-/m0/s1. The Morgan fingerprint density at radius 3 is 2.00 bits per heavy atom. The Morgan fingerprint density at radius 1 is 0.756 bits per heavy atom. The number of rotatable bonds is 10.